The second kappa shape index (κ2) is 11.5. The van der Waals surface area contributed by atoms with Gasteiger partial charge in [-0.3, -0.25) is 29.2 Å². The fourth-order valence-corrected chi connectivity index (χ4v) is 3.60. The van der Waals surface area contributed by atoms with E-state index in [1.54, 1.807) is 20.8 Å². The maximum atomic E-state index is 13.0. The van der Waals surface area contributed by atoms with Gasteiger partial charge in [0.25, 0.3) is 5.91 Å². The zero-order valence-electron chi connectivity index (χ0n) is 19.5. The Balaban J connectivity index is 2.09. The maximum Gasteiger partial charge on any atom is 0.522 e. The van der Waals surface area contributed by atoms with Gasteiger partial charge in [0, 0.05) is 18.0 Å². The van der Waals surface area contributed by atoms with Gasteiger partial charge in [0.15, 0.2) is 12.0 Å². The quantitative estimate of drug-likeness (QED) is 0.242. The lowest BCUT2D eigenvalue weighted by atomic mass is 9.95. The third-order valence-corrected chi connectivity index (χ3v) is 5.48. The second-order valence-electron chi connectivity index (χ2n) is 9.81. The maximum absolute atomic E-state index is 13.0. The van der Waals surface area contributed by atoms with Crippen molar-refractivity contribution in [1.82, 2.24) is 21.3 Å². The van der Waals surface area contributed by atoms with E-state index in [2.05, 4.69) is 26.0 Å². The fourth-order valence-electron chi connectivity index (χ4n) is 3.60. The lowest BCUT2D eigenvalue weighted by Crippen LogP contribution is -2.57. The van der Waals surface area contributed by atoms with E-state index in [-0.39, 0.29) is 24.7 Å². The minimum atomic E-state index is -5.03. The summed E-state index contributed by atoms with van der Waals surface area (Å²) < 4.78 is 40.9. The Hall–Kier alpha value is -2.25. The Morgan fingerprint density at radius 1 is 1.06 bits per heavy atom. The average Bonchev–Trinajstić information content (AvgIpc) is 3.43. The first kappa shape index (κ1) is 28.0. The van der Waals surface area contributed by atoms with E-state index in [0.717, 1.165) is 12.8 Å². The lowest BCUT2D eigenvalue weighted by Gasteiger charge is -2.27. The number of aliphatic hydroxyl groups excluding tert-OH is 1. The number of alkyl halides is 3. The van der Waals surface area contributed by atoms with Crippen LogP contribution in [-0.4, -0.2) is 72.0 Å². The molecule has 2 aliphatic rings. The molecule has 1 aliphatic heterocycles. The molecule has 2 rings (SSSR count). The highest BCUT2D eigenvalue weighted by atomic mass is 19.4. The Morgan fingerprint density at radius 3 is 2.18 bits per heavy atom. The SMILES string of the molecule is CC(C)(C)NC(O)C(=O)N[C@@H](CC1CC1)C(=O)N[C@@H](C[C@@H]1CCNC1=O)C(=O)COC(F)(F)F. The predicted molar refractivity (Wildman–Crippen MR) is 113 cm³/mol. The van der Waals surface area contributed by atoms with E-state index in [9.17, 15) is 37.5 Å². The molecule has 1 unspecified atom stereocenters. The third kappa shape index (κ3) is 9.94. The van der Waals surface area contributed by atoms with Crippen LogP contribution < -0.4 is 21.3 Å². The molecule has 0 bridgehead atoms. The number of amides is 3. The van der Waals surface area contributed by atoms with Crippen molar-refractivity contribution in [1.29, 1.82) is 0 Å². The number of hydrogen-bond acceptors (Lipinski definition) is 7. The van der Waals surface area contributed by atoms with E-state index in [0.29, 0.717) is 13.0 Å². The normalized spacial score (nSPS) is 21.4. The molecule has 2 fully saturated rings. The molecule has 0 aromatic heterocycles. The Bertz CT molecular complexity index is 767. The van der Waals surface area contributed by atoms with Crippen molar-refractivity contribution in [2.24, 2.45) is 11.8 Å². The zero-order chi connectivity index (χ0) is 25.7. The van der Waals surface area contributed by atoms with Crippen molar-refractivity contribution in [2.45, 2.75) is 83.1 Å². The predicted octanol–water partition coefficient (Wildman–Crippen LogP) is 0.0943. The summed E-state index contributed by atoms with van der Waals surface area (Å²) in [4.78, 5) is 49.8. The largest absolute Gasteiger partial charge is 0.522 e. The first-order valence-corrected chi connectivity index (χ1v) is 11.2. The van der Waals surface area contributed by atoms with Crippen LogP contribution in [0.5, 0.6) is 0 Å². The molecule has 0 radical (unpaired) electrons. The van der Waals surface area contributed by atoms with Crippen LogP contribution >= 0.6 is 0 Å². The Kier molecular flexibility index (Phi) is 9.43. The number of carbonyl (C=O) groups excluding carboxylic acids is 4. The summed E-state index contributed by atoms with van der Waals surface area (Å²) in [6, 6.07) is -2.53. The molecule has 4 atom stereocenters. The number of Topliss-reactive ketones (excluding diaryl/α,β-unsaturated/α-hetero) is 1. The molecule has 1 saturated carbocycles. The molecular formula is C21H33F3N4O6. The molecule has 0 spiro atoms. The standard InChI is InChI=1S/C21H33F3N4O6/c1-20(2,3)28-19(33)18(32)27-14(8-11-4-5-11)17(31)26-13(9-12-6-7-25-16(12)30)15(29)10-34-21(22,23)24/h11-14,19,28,33H,4-10H2,1-3H3,(H,25,30)(H,26,31)(H,27,32)/t12-,13-,14-,19?/m0/s1. The number of rotatable bonds is 12. The molecule has 34 heavy (non-hydrogen) atoms. The summed E-state index contributed by atoms with van der Waals surface area (Å²) in [5.74, 6) is -3.54. The minimum absolute atomic E-state index is 0.159. The molecule has 3 amide bonds. The molecule has 0 aromatic carbocycles. The van der Waals surface area contributed by atoms with Crippen LogP contribution in [0.15, 0.2) is 0 Å². The van der Waals surface area contributed by atoms with Crippen LogP contribution in [0.25, 0.3) is 0 Å². The van der Waals surface area contributed by atoms with Crippen LogP contribution in [0.1, 0.15) is 52.9 Å². The molecule has 0 aromatic rings. The van der Waals surface area contributed by atoms with Crippen LogP contribution in [-0.2, 0) is 23.9 Å². The number of aliphatic hydroxyl groups is 1. The summed E-state index contributed by atoms with van der Waals surface area (Å²) in [5.41, 5.74) is -0.594. The van der Waals surface area contributed by atoms with E-state index < -0.39 is 60.3 Å². The van der Waals surface area contributed by atoms with E-state index >= 15 is 0 Å². The van der Waals surface area contributed by atoms with Crippen LogP contribution in [0.3, 0.4) is 0 Å². The number of carbonyl (C=O) groups is 4. The number of hydrogen-bond donors (Lipinski definition) is 5. The third-order valence-electron chi connectivity index (χ3n) is 5.48. The first-order valence-electron chi connectivity index (χ1n) is 11.2. The number of ether oxygens (including phenoxy) is 1. The monoisotopic (exact) mass is 494 g/mol. The molecular weight excluding hydrogens is 461 g/mol. The van der Waals surface area contributed by atoms with Crippen LogP contribution in [0.4, 0.5) is 13.2 Å². The molecule has 1 aliphatic carbocycles. The molecule has 1 heterocycles. The van der Waals surface area contributed by atoms with E-state index in [1.165, 1.54) is 0 Å². The Morgan fingerprint density at radius 2 is 1.68 bits per heavy atom. The summed E-state index contributed by atoms with van der Waals surface area (Å²) >= 11 is 0. The summed E-state index contributed by atoms with van der Waals surface area (Å²) in [6.45, 7) is 4.23. The zero-order valence-corrected chi connectivity index (χ0v) is 19.5. The second-order valence-corrected chi connectivity index (χ2v) is 9.81. The van der Waals surface area contributed by atoms with Gasteiger partial charge >= 0.3 is 6.36 Å². The van der Waals surface area contributed by atoms with E-state index in [4.69, 9.17) is 0 Å². The molecule has 194 valence electrons. The van der Waals surface area contributed by atoms with E-state index in [1.807, 2.05) is 0 Å². The van der Waals surface area contributed by atoms with Gasteiger partial charge in [-0.05, 0) is 46.0 Å². The van der Waals surface area contributed by atoms with Crippen molar-refractivity contribution >= 4 is 23.5 Å². The van der Waals surface area contributed by atoms with Crippen LogP contribution in [0.2, 0.25) is 0 Å². The average molecular weight is 495 g/mol. The van der Waals surface area contributed by atoms with Gasteiger partial charge in [-0.25, -0.2) is 0 Å². The highest BCUT2D eigenvalue weighted by Crippen LogP contribution is 2.33. The number of ketones is 1. The van der Waals surface area contributed by atoms with Gasteiger partial charge in [-0.1, -0.05) is 12.8 Å². The van der Waals surface area contributed by atoms with Gasteiger partial charge in [0.05, 0.1) is 6.04 Å². The van der Waals surface area contributed by atoms with Crippen molar-refractivity contribution in [3.05, 3.63) is 0 Å². The summed E-state index contributed by atoms with van der Waals surface area (Å²) in [7, 11) is 0. The number of nitrogens with one attached hydrogen (secondary N) is 4. The van der Waals surface area contributed by atoms with Crippen LogP contribution in [0, 0.1) is 11.8 Å². The van der Waals surface area contributed by atoms with Gasteiger partial charge in [0.1, 0.15) is 12.6 Å². The molecule has 1 saturated heterocycles. The van der Waals surface area contributed by atoms with Crippen molar-refractivity contribution in [3.63, 3.8) is 0 Å². The van der Waals surface area contributed by atoms with Crippen molar-refractivity contribution < 1.29 is 42.2 Å². The molecule has 5 N–H and O–H groups in total. The lowest BCUT2D eigenvalue weighted by molar-refractivity contribution is -0.321. The topological polar surface area (TPSA) is 146 Å². The fraction of sp³-hybridized carbons (Fsp3) is 0.810. The summed E-state index contributed by atoms with van der Waals surface area (Å²) in [6.07, 6.45) is -4.55. The highest BCUT2D eigenvalue weighted by Gasteiger charge is 2.37. The highest BCUT2D eigenvalue weighted by molar-refractivity contribution is 5.94. The summed E-state index contributed by atoms with van der Waals surface area (Å²) in [5, 5.41) is 20.2. The van der Waals surface area contributed by atoms with Gasteiger partial charge in [-0.2, -0.15) is 0 Å². The van der Waals surface area contributed by atoms with Crippen molar-refractivity contribution in [3.8, 4) is 0 Å². The molecule has 13 heteroatoms. The number of halogens is 3. The first-order chi connectivity index (χ1) is 15.6. The smallest absolute Gasteiger partial charge is 0.370 e. The van der Waals surface area contributed by atoms with Gasteiger partial charge < -0.3 is 21.1 Å². The van der Waals surface area contributed by atoms with Crippen molar-refractivity contribution in [2.75, 3.05) is 13.2 Å². The molecule has 10 nitrogen and oxygen atoms in total. The Labute approximate surface area is 195 Å². The van der Waals surface area contributed by atoms with Gasteiger partial charge in [-0.15, -0.1) is 13.2 Å². The van der Waals surface area contributed by atoms with Gasteiger partial charge in [0.2, 0.25) is 11.8 Å². The minimum Gasteiger partial charge on any atom is -0.370 e.